The Kier molecular flexibility index (Phi) is 5.62. The van der Waals surface area contributed by atoms with Crippen LogP contribution in [0.4, 0.5) is 0 Å². The number of rotatable bonds is 6. The second-order valence-electron chi connectivity index (χ2n) is 3.62. The molecule has 0 radical (unpaired) electrons. The Balaban J connectivity index is 4.50. The first-order chi connectivity index (χ1) is 6.86. The molecule has 5 heteroatoms. The average Bonchev–Trinajstić information content (AvgIpc) is 2.10. The summed E-state index contributed by atoms with van der Waals surface area (Å²) in [6.45, 7) is 2.06. The van der Waals surface area contributed by atoms with Gasteiger partial charge in [0, 0.05) is 11.1 Å². The van der Waals surface area contributed by atoms with E-state index in [1.165, 1.54) is 6.92 Å². The molecular formula is C10H17NO4. The summed E-state index contributed by atoms with van der Waals surface area (Å²) in [5.41, 5.74) is -0.0920. The number of carbonyl (C=O) groups is 2. The molecule has 0 rings (SSSR count). The maximum absolute atomic E-state index is 10.8. The molecule has 15 heavy (non-hydrogen) atoms. The first kappa shape index (κ1) is 13.6. The van der Waals surface area contributed by atoms with E-state index in [4.69, 9.17) is 10.2 Å². The highest BCUT2D eigenvalue weighted by Gasteiger charge is 2.15. The Hall–Kier alpha value is -1.36. The van der Waals surface area contributed by atoms with Crippen LogP contribution >= 0.6 is 0 Å². The van der Waals surface area contributed by atoms with Crippen molar-refractivity contribution < 1.29 is 19.8 Å². The maximum atomic E-state index is 10.8. The molecule has 0 heterocycles. The topological polar surface area (TPSA) is 77.8 Å². The van der Waals surface area contributed by atoms with Crippen LogP contribution in [0.5, 0.6) is 0 Å². The number of hydrogen-bond acceptors (Lipinski definition) is 3. The highest BCUT2D eigenvalue weighted by Crippen LogP contribution is 2.12. The van der Waals surface area contributed by atoms with Gasteiger partial charge in [-0.05, 0) is 40.4 Å². The van der Waals surface area contributed by atoms with Crippen LogP contribution in [-0.2, 0) is 9.59 Å². The Morgan fingerprint density at radius 2 is 1.67 bits per heavy atom. The largest absolute Gasteiger partial charge is 0.478 e. The Bertz CT molecular complexity index is 281. The van der Waals surface area contributed by atoms with Gasteiger partial charge in [0.05, 0.1) is 0 Å². The summed E-state index contributed by atoms with van der Waals surface area (Å²) in [6, 6.07) is 0. The fourth-order valence-corrected chi connectivity index (χ4v) is 1.16. The van der Waals surface area contributed by atoms with Crippen LogP contribution in [0.2, 0.25) is 0 Å². The summed E-state index contributed by atoms with van der Waals surface area (Å²) in [5.74, 6) is -2.31. The van der Waals surface area contributed by atoms with Crippen LogP contribution in [0, 0.1) is 0 Å². The van der Waals surface area contributed by atoms with Gasteiger partial charge in [-0.3, -0.25) is 0 Å². The summed E-state index contributed by atoms with van der Waals surface area (Å²) in [4.78, 5) is 23.3. The monoisotopic (exact) mass is 215 g/mol. The standard InChI is InChI=1S/C10H17NO4/c1-7(9(12)13)8(10(14)15)5-4-6-11(2)3/h4-6H2,1-3H3,(H,12,13)(H,14,15)/b8-7+. The van der Waals surface area contributed by atoms with Crippen LogP contribution < -0.4 is 0 Å². The van der Waals surface area contributed by atoms with Crippen molar-refractivity contribution >= 4 is 11.9 Å². The van der Waals surface area contributed by atoms with Gasteiger partial charge in [0.25, 0.3) is 0 Å². The Labute approximate surface area is 89.0 Å². The summed E-state index contributed by atoms with van der Waals surface area (Å²) in [7, 11) is 3.77. The molecule has 0 aliphatic rings. The van der Waals surface area contributed by atoms with Gasteiger partial charge < -0.3 is 15.1 Å². The third kappa shape index (κ3) is 5.17. The lowest BCUT2D eigenvalue weighted by molar-refractivity contribution is -0.136. The molecule has 0 spiro atoms. The number of nitrogens with zero attached hydrogens (tertiary/aromatic N) is 1. The van der Waals surface area contributed by atoms with E-state index in [0.717, 1.165) is 6.54 Å². The zero-order chi connectivity index (χ0) is 12.0. The number of hydrogen-bond donors (Lipinski definition) is 2. The van der Waals surface area contributed by atoms with Crippen LogP contribution in [0.1, 0.15) is 19.8 Å². The highest BCUT2D eigenvalue weighted by atomic mass is 16.4. The van der Waals surface area contributed by atoms with Gasteiger partial charge in [0.15, 0.2) is 0 Å². The molecule has 0 saturated carbocycles. The van der Waals surface area contributed by atoms with Gasteiger partial charge in [0.1, 0.15) is 0 Å². The first-order valence-corrected chi connectivity index (χ1v) is 4.67. The van der Waals surface area contributed by atoms with Crippen molar-refractivity contribution in [2.24, 2.45) is 0 Å². The summed E-state index contributed by atoms with van der Waals surface area (Å²) in [6.07, 6.45) is 0.922. The molecule has 0 aromatic rings. The van der Waals surface area contributed by atoms with Crippen molar-refractivity contribution in [1.29, 1.82) is 0 Å². The quantitative estimate of drug-likeness (QED) is 0.641. The predicted octanol–water partition coefficient (Wildman–Crippen LogP) is 0.814. The minimum atomic E-state index is -1.17. The number of aliphatic carboxylic acids is 2. The number of carboxylic acid groups (broad SMARTS) is 2. The zero-order valence-electron chi connectivity index (χ0n) is 9.28. The van der Waals surface area contributed by atoms with E-state index in [-0.39, 0.29) is 17.6 Å². The minimum absolute atomic E-state index is 0.00986. The van der Waals surface area contributed by atoms with Gasteiger partial charge in [-0.15, -0.1) is 0 Å². The molecule has 0 amide bonds. The minimum Gasteiger partial charge on any atom is -0.478 e. The molecule has 86 valence electrons. The van der Waals surface area contributed by atoms with Gasteiger partial charge in [-0.25, -0.2) is 9.59 Å². The van der Waals surface area contributed by atoms with Crippen LogP contribution in [-0.4, -0.2) is 47.7 Å². The second kappa shape index (κ2) is 6.19. The van der Waals surface area contributed by atoms with E-state index in [1.54, 1.807) is 0 Å². The van der Waals surface area contributed by atoms with E-state index in [1.807, 2.05) is 19.0 Å². The molecule has 5 nitrogen and oxygen atoms in total. The fraction of sp³-hybridized carbons (Fsp3) is 0.600. The molecule has 0 fully saturated rings. The second-order valence-corrected chi connectivity index (χ2v) is 3.62. The maximum Gasteiger partial charge on any atom is 0.332 e. The van der Waals surface area contributed by atoms with Gasteiger partial charge >= 0.3 is 11.9 Å². The molecular weight excluding hydrogens is 198 g/mol. The summed E-state index contributed by atoms with van der Waals surface area (Å²) in [5, 5.41) is 17.5. The lowest BCUT2D eigenvalue weighted by Gasteiger charge is -2.10. The molecule has 0 aromatic carbocycles. The zero-order valence-corrected chi connectivity index (χ0v) is 9.28. The van der Waals surface area contributed by atoms with Crippen molar-refractivity contribution in [1.82, 2.24) is 4.90 Å². The van der Waals surface area contributed by atoms with Gasteiger partial charge in [-0.1, -0.05) is 0 Å². The van der Waals surface area contributed by atoms with Crippen molar-refractivity contribution in [2.75, 3.05) is 20.6 Å². The van der Waals surface area contributed by atoms with E-state index in [0.29, 0.717) is 6.42 Å². The molecule has 0 saturated heterocycles. The SMILES string of the molecule is C/C(C(=O)O)=C(/CCCN(C)C)C(=O)O. The van der Waals surface area contributed by atoms with Crippen LogP contribution in [0.15, 0.2) is 11.1 Å². The average molecular weight is 215 g/mol. The van der Waals surface area contributed by atoms with Gasteiger partial charge in [-0.2, -0.15) is 0 Å². The fourth-order valence-electron chi connectivity index (χ4n) is 1.16. The number of carboxylic acids is 2. The summed E-state index contributed by atoms with van der Waals surface area (Å²) < 4.78 is 0. The molecule has 0 atom stereocenters. The van der Waals surface area contributed by atoms with Crippen molar-refractivity contribution in [3.63, 3.8) is 0 Å². The predicted molar refractivity (Wildman–Crippen MR) is 55.8 cm³/mol. The van der Waals surface area contributed by atoms with Crippen LogP contribution in [0.25, 0.3) is 0 Å². The molecule has 0 unspecified atom stereocenters. The highest BCUT2D eigenvalue weighted by molar-refractivity contribution is 5.98. The Morgan fingerprint density at radius 1 is 1.13 bits per heavy atom. The van der Waals surface area contributed by atoms with E-state index < -0.39 is 11.9 Å². The smallest absolute Gasteiger partial charge is 0.332 e. The third-order valence-corrected chi connectivity index (χ3v) is 2.06. The first-order valence-electron chi connectivity index (χ1n) is 4.67. The van der Waals surface area contributed by atoms with E-state index >= 15 is 0 Å². The normalized spacial score (nSPS) is 12.5. The molecule has 0 aliphatic heterocycles. The Morgan fingerprint density at radius 3 is 2.00 bits per heavy atom. The van der Waals surface area contributed by atoms with E-state index in [2.05, 4.69) is 0 Å². The molecule has 0 aliphatic carbocycles. The molecule has 2 N–H and O–H groups in total. The molecule has 0 aromatic heterocycles. The summed E-state index contributed by atoms with van der Waals surface area (Å²) >= 11 is 0. The lowest BCUT2D eigenvalue weighted by atomic mass is 10.0. The van der Waals surface area contributed by atoms with E-state index in [9.17, 15) is 9.59 Å². The van der Waals surface area contributed by atoms with Crippen molar-refractivity contribution in [3.8, 4) is 0 Å². The lowest BCUT2D eigenvalue weighted by Crippen LogP contribution is -2.15. The molecule has 0 bridgehead atoms. The van der Waals surface area contributed by atoms with Crippen molar-refractivity contribution in [2.45, 2.75) is 19.8 Å². The van der Waals surface area contributed by atoms with Crippen molar-refractivity contribution in [3.05, 3.63) is 11.1 Å². The van der Waals surface area contributed by atoms with Crippen LogP contribution in [0.3, 0.4) is 0 Å². The van der Waals surface area contributed by atoms with Gasteiger partial charge in [0.2, 0.25) is 0 Å². The third-order valence-electron chi connectivity index (χ3n) is 2.06.